The highest BCUT2D eigenvalue weighted by Crippen LogP contribution is 2.20. The normalized spacial score (nSPS) is 9.94. The van der Waals surface area contributed by atoms with Crippen molar-refractivity contribution in [2.75, 3.05) is 26.9 Å². The van der Waals surface area contributed by atoms with Crippen molar-refractivity contribution in [3.05, 3.63) is 29.3 Å². The molecule has 0 spiro atoms. The van der Waals surface area contributed by atoms with Gasteiger partial charge >= 0.3 is 0 Å². The van der Waals surface area contributed by atoms with E-state index in [0.717, 1.165) is 11.3 Å². The molecule has 0 atom stereocenters. The van der Waals surface area contributed by atoms with Crippen LogP contribution in [0.2, 0.25) is 0 Å². The Hall–Kier alpha value is -1.57. The summed E-state index contributed by atoms with van der Waals surface area (Å²) in [5, 5.41) is 8.82. The van der Waals surface area contributed by atoms with Crippen LogP contribution in [0.3, 0.4) is 0 Å². The van der Waals surface area contributed by atoms with Gasteiger partial charge < -0.3 is 14.2 Å². The van der Waals surface area contributed by atoms with E-state index in [9.17, 15) is 0 Å². The minimum atomic E-state index is 0.422. The average Bonchev–Trinajstić information content (AvgIpc) is 2.38. The molecule has 0 aromatic heterocycles. The van der Waals surface area contributed by atoms with Crippen LogP contribution in [-0.2, 0) is 16.1 Å². The molecule has 1 rings (SSSR count). The molecule has 4 heteroatoms. The standard InChI is InChI=1S/C13H17NO3/c1-3-16-6-7-17-10-12-8-11(9-14)4-5-13(12)15-2/h4-5,8H,3,6-7,10H2,1-2H3. The fourth-order valence-electron chi connectivity index (χ4n) is 1.41. The molecular weight excluding hydrogens is 218 g/mol. The summed E-state index contributed by atoms with van der Waals surface area (Å²) < 4.78 is 15.8. The molecule has 0 fully saturated rings. The quantitative estimate of drug-likeness (QED) is 0.679. The van der Waals surface area contributed by atoms with E-state index in [1.165, 1.54) is 0 Å². The van der Waals surface area contributed by atoms with Crippen LogP contribution in [0.1, 0.15) is 18.1 Å². The van der Waals surface area contributed by atoms with E-state index in [0.29, 0.717) is 32.0 Å². The Kier molecular flexibility index (Phi) is 6.08. The lowest BCUT2D eigenvalue weighted by Crippen LogP contribution is -2.04. The second-order valence-electron chi connectivity index (χ2n) is 3.39. The number of nitrogens with zero attached hydrogens (tertiary/aromatic N) is 1. The average molecular weight is 235 g/mol. The molecule has 0 bridgehead atoms. The van der Waals surface area contributed by atoms with Gasteiger partial charge in [0.1, 0.15) is 5.75 Å². The summed E-state index contributed by atoms with van der Waals surface area (Å²) in [6, 6.07) is 7.37. The van der Waals surface area contributed by atoms with Gasteiger partial charge in [0.25, 0.3) is 0 Å². The number of rotatable bonds is 7. The van der Waals surface area contributed by atoms with Gasteiger partial charge in [-0.3, -0.25) is 0 Å². The highest BCUT2D eigenvalue weighted by Gasteiger charge is 2.04. The second-order valence-corrected chi connectivity index (χ2v) is 3.39. The van der Waals surface area contributed by atoms with Crippen molar-refractivity contribution in [2.24, 2.45) is 0 Å². The number of ether oxygens (including phenoxy) is 3. The van der Waals surface area contributed by atoms with E-state index in [-0.39, 0.29) is 0 Å². The maximum absolute atomic E-state index is 8.82. The van der Waals surface area contributed by atoms with Gasteiger partial charge in [-0.15, -0.1) is 0 Å². The maximum Gasteiger partial charge on any atom is 0.124 e. The SMILES string of the molecule is CCOCCOCc1cc(C#N)ccc1OC. The Morgan fingerprint density at radius 1 is 1.24 bits per heavy atom. The van der Waals surface area contributed by atoms with Crippen molar-refractivity contribution >= 4 is 0 Å². The highest BCUT2D eigenvalue weighted by atomic mass is 16.5. The number of methoxy groups -OCH3 is 1. The topological polar surface area (TPSA) is 51.5 Å². The van der Waals surface area contributed by atoms with Crippen LogP contribution in [0, 0.1) is 11.3 Å². The lowest BCUT2D eigenvalue weighted by atomic mass is 10.1. The summed E-state index contributed by atoms with van der Waals surface area (Å²) in [5.74, 6) is 0.736. The van der Waals surface area contributed by atoms with E-state index in [1.807, 2.05) is 6.92 Å². The van der Waals surface area contributed by atoms with Gasteiger partial charge in [-0.25, -0.2) is 0 Å². The molecule has 17 heavy (non-hydrogen) atoms. The molecule has 0 aliphatic rings. The van der Waals surface area contributed by atoms with Crippen molar-refractivity contribution < 1.29 is 14.2 Å². The molecule has 0 saturated carbocycles. The predicted molar refractivity (Wildman–Crippen MR) is 63.9 cm³/mol. The Balaban J connectivity index is 2.53. The molecule has 92 valence electrons. The van der Waals surface area contributed by atoms with Crippen LogP contribution < -0.4 is 4.74 Å². The Morgan fingerprint density at radius 3 is 2.65 bits per heavy atom. The number of benzene rings is 1. The van der Waals surface area contributed by atoms with Gasteiger partial charge in [0, 0.05) is 12.2 Å². The van der Waals surface area contributed by atoms with Gasteiger partial charge in [-0.05, 0) is 25.1 Å². The Morgan fingerprint density at radius 2 is 2.00 bits per heavy atom. The first kappa shape index (κ1) is 13.5. The third kappa shape index (κ3) is 4.43. The van der Waals surface area contributed by atoms with Crippen LogP contribution in [0.4, 0.5) is 0 Å². The summed E-state index contributed by atoms with van der Waals surface area (Å²) in [5.41, 5.74) is 1.48. The summed E-state index contributed by atoms with van der Waals surface area (Å²) >= 11 is 0. The number of hydrogen-bond acceptors (Lipinski definition) is 4. The maximum atomic E-state index is 8.82. The second kappa shape index (κ2) is 7.66. The summed E-state index contributed by atoms with van der Waals surface area (Å²) in [6.07, 6.45) is 0. The summed E-state index contributed by atoms with van der Waals surface area (Å²) in [7, 11) is 1.60. The molecule has 0 heterocycles. The molecule has 0 aliphatic carbocycles. The Labute approximate surface area is 102 Å². The lowest BCUT2D eigenvalue weighted by molar-refractivity contribution is 0.0446. The van der Waals surface area contributed by atoms with Crippen molar-refractivity contribution in [3.8, 4) is 11.8 Å². The van der Waals surface area contributed by atoms with Gasteiger partial charge in [0.2, 0.25) is 0 Å². The first-order valence-electron chi connectivity index (χ1n) is 5.54. The van der Waals surface area contributed by atoms with Crippen molar-refractivity contribution in [1.29, 1.82) is 5.26 Å². The molecule has 0 aliphatic heterocycles. The third-order valence-corrected chi connectivity index (χ3v) is 2.24. The molecule has 0 N–H and O–H groups in total. The van der Waals surface area contributed by atoms with Crippen LogP contribution in [0.15, 0.2) is 18.2 Å². The Bertz CT molecular complexity index is 385. The van der Waals surface area contributed by atoms with Crippen LogP contribution >= 0.6 is 0 Å². The van der Waals surface area contributed by atoms with E-state index < -0.39 is 0 Å². The molecule has 0 radical (unpaired) electrons. The van der Waals surface area contributed by atoms with Crippen LogP contribution in [0.5, 0.6) is 5.75 Å². The molecule has 0 amide bonds. The van der Waals surface area contributed by atoms with Crippen LogP contribution in [0.25, 0.3) is 0 Å². The molecular formula is C13H17NO3. The van der Waals surface area contributed by atoms with E-state index in [1.54, 1.807) is 25.3 Å². The third-order valence-electron chi connectivity index (χ3n) is 2.24. The van der Waals surface area contributed by atoms with Crippen molar-refractivity contribution in [2.45, 2.75) is 13.5 Å². The van der Waals surface area contributed by atoms with Gasteiger partial charge in [-0.1, -0.05) is 0 Å². The highest BCUT2D eigenvalue weighted by molar-refractivity contribution is 5.41. The van der Waals surface area contributed by atoms with Gasteiger partial charge in [-0.2, -0.15) is 5.26 Å². The fourth-order valence-corrected chi connectivity index (χ4v) is 1.41. The molecule has 1 aromatic rings. The smallest absolute Gasteiger partial charge is 0.124 e. The van der Waals surface area contributed by atoms with Crippen molar-refractivity contribution in [3.63, 3.8) is 0 Å². The van der Waals surface area contributed by atoms with E-state index >= 15 is 0 Å². The first-order valence-corrected chi connectivity index (χ1v) is 5.54. The fraction of sp³-hybridized carbons (Fsp3) is 0.462. The van der Waals surface area contributed by atoms with E-state index in [4.69, 9.17) is 19.5 Å². The van der Waals surface area contributed by atoms with E-state index in [2.05, 4.69) is 6.07 Å². The molecule has 0 saturated heterocycles. The molecule has 1 aromatic carbocycles. The van der Waals surface area contributed by atoms with Crippen molar-refractivity contribution in [1.82, 2.24) is 0 Å². The monoisotopic (exact) mass is 235 g/mol. The molecule has 0 unspecified atom stereocenters. The summed E-state index contributed by atoms with van der Waals surface area (Å²) in [4.78, 5) is 0. The zero-order valence-electron chi connectivity index (χ0n) is 10.2. The molecule has 4 nitrogen and oxygen atoms in total. The van der Waals surface area contributed by atoms with Crippen LogP contribution in [-0.4, -0.2) is 26.9 Å². The lowest BCUT2D eigenvalue weighted by Gasteiger charge is -2.09. The van der Waals surface area contributed by atoms with Gasteiger partial charge in [0.15, 0.2) is 0 Å². The largest absolute Gasteiger partial charge is 0.496 e. The predicted octanol–water partition coefficient (Wildman–Crippen LogP) is 2.12. The minimum Gasteiger partial charge on any atom is -0.496 e. The minimum absolute atomic E-state index is 0.422. The zero-order valence-corrected chi connectivity index (χ0v) is 10.2. The van der Waals surface area contributed by atoms with Gasteiger partial charge in [0.05, 0.1) is 38.6 Å². The number of hydrogen-bond donors (Lipinski definition) is 0. The zero-order chi connectivity index (χ0) is 12.5. The first-order chi connectivity index (χ1) is 8.31. The summed E-state index contributed by atoms with van der Waals surface area (Å²) in [6.45, 7) is 4.17. The number of nitriles is 1.